The highest BCUT2D eigenvalue weighted by molar-refractivity contribution is 14.0. The number of allylic oxidation sites excluding steroid dienone is 2. The summed E-state index contributed by atoms with van der Waals surface area (Å²) in [6, 6.07) is 28.9. The Labute approximate surface area is 362 Å². The highest BCUT2D eigenvalue weighted by Gasteiger charge is 2.35. The van der Waals surface area contributed by atoms with Crippen molar-refractivity contribution in [2.24, 2.45) is 17.8 Å². The summed E-state index contributed by atoms with van der Waals surface area (Å²) in [6.07, 6.45) is 9.31. The van der Waals surface area contributed by atoms with Gasteiger partial charge < -0.3 is 18.9 Å². The van der Waals surface area contributed by atoms with Gasteiger partial charge in [0.1, 0.15) is 0 Å². The van der Waals surface area contributed by atoms with Crippen molar-refractivity contribution in [2.75, 3.05) is 54.6 Å². The van der Waals surface area contributed by atoms with Crippen LogP contribution in [0.5, 0.6) is 23.0 Å². The second kappa shape index (κ2) is 21.2. The van der Waals surface area contributed by atoms with E-state index in [0.29, 0.717) is 41.3 Å². The van der Waals surface area contributed by atoms with E-state index in [-0.39, 0.29) is 48.9 Å². The summed E-state index contributed by atoms with van der Waals surface area (Å²) >= 11 is 0. The monoisotopic (exact) mass is 900 g/mol. The van der Waals surface area contributed by atoms with Gasteiger partial charge >= 0.3 is 0 Å². The average molecular weight is 901 g/mol. The van der Waals surface area contributed by atoms with E-state index in [0.717, 1.165) is 92.8 Å². The number of piperidine rings is 2. The number of fused-ring (bicyclic) bond motifs is 2. The van der Waals surface area contributed by atoms with Crippen LogP contribution in [0, 0.1) is 17.8 Å². The first-order valence-corrected chi connectivity index (χ1v) is 20.2. The van der Waals surface area contributed by atoms with Crippen LogP contribution < -0.4 is 18.9 Å². The fourth-order valence-corrected chi connectivity index (χ4v) is 8.99. The van der Waals surface area contributed by atoms with Gasteiger partial charge in [0.25, 0.3) is 0 Å². The van der Waals surface area contributed by atoms with Crippen LogP contribution >= 0.6 is 24.0 Å². The number of benzene rings is 4. The fraction of sp³-hybridized carbons (Fsp3) is 0.429. The lowest BCUT2D eigenvalue weighted by atomic mass is 9.85. The number of nitrogens with zero attached hydrogens (tertiary/aromatic N) is 2. The molecule has 8 rings (SSSR count). The molecule has 0 N–H and O–H groups in total. The molecule has 0 saturated carbocycles. The maximum atomic E-state index is 12.9. The maximum absolute atomic E-state index is 12.9. The smallest absolute Gasteiger partial charge is 0.189 e. The second-order valence-corrected chi connectivity index (χ2v) is 15.7. The first-order chi connectivity index (χ1) is 27.3. The maximum Gasteiger partial charge on any atom is 0.189 e. The molecule has 2 heterocycles. The number of rotatable bonds is 11. The summed E-state index contributed by atoms with van der Waals surface area (Å²) in [4.78, 5) is 30.8. The van der Waals surface area contributed by atoms with Crippen molar-refractivity contribution >= 4 is 35.5 Å². The van der Waals surface area contributed by atoms with E-state index in [4.69, 9.17) is 18.9 Å². The van der Waals surface area contributed by atoms with Crippen LogP contribution in [0.25, 0.3) is 0 Å². The molecule has 0 spiro atoms. The summed E-state index contributed by atoms with van der Waals surface area (Å²) in [5, 5.41) is 0. The third kappa shape index (κ3) is 10.7. The molecular weight excluding hydrogens is 839 g/mol. The highest BCUT2D eigenvalue weighted by atomic mass is 127. The van der Waals surface area contributed by atoms with E-state index in [1.165, 1.54) is 24.0 Å². The molecule has 2 saturated heterocycles. The lowest BCUT2D eigenvalue weighted by Crippen LogP contribution is -2.34. The Morgan fingerprint density at radius 3 is 1.60 bits per heavy atom. The lowest BCUT2D eigenvalue weighted by molar-refractivity contribution is 0.0895. The number of carbonyl (C=O) groups is 2. The second-order valence-electron chi connectivity index (χ2n) is 15.7. The first kappa shape index (κ1) is 44.9. The summed E-state index contributed by atoms with van der Waals surface area (Å²) in [6.45, 7) is 6.43. The summed E-state index contributed by atoms with van der Waals surface area (Å²) in [7, 11) is 6.48. The zero-order valence-corrected chi connectivity index (χ0v) is 36.2. The van der Waals surface area contributed by atoms with Gasteiger partial charge in [-0.2, -0.15) is 0 Å². The summed E-state index contributed by atoms with van der Waals surface area (Å²) in [5.74, 6) is 4.30. The predicted octanol–water partition coefficient (Wildman–Crippen LogP) is 9.90. The molecule has 0 amide bonds. The highest BCUT2D eigenvalue weighted by Crippen LogP contribution is 2.40. The van der Waals surface area contributed by atoms with Crippen molar-refractivity contribution in [3.63, 3.8) is 0 Å². The van der Waals surface area contributed by atoms with Crippen molar-refractivity contribution in [3.8, 4) is 23.0 Å². The van der Waals surface area contributed by atoms with Gasteiger partial charge in [0.2, 0.25) is 0 Å². The quantitative estimate of drug-likeness (QED) is 0.109. The SMILES string of the molecule is C.COc1cc2c(cc1OC)C(=O)/C(=C/C1CCN(Cc3ccccc3)CC1)C2.COc1cc2c(cc1OC)C(=O)C(CC1CCN(Cc3ccccc3)CC1)C2.I. The van der Waals surface area contributed by atoms with Crippen LogP contribution in [-0.4, -0.2) is 76.0 Å². The molecule has 8 nitrogen and oxygen atoms in total. The molecule has 0 aromatic heterocycles. The minimum Gasteiger partial charge on any atom is -0.493 e. The normalized spacial score (nSPS) is 19.0. The molecule has 2 aliphatic heterocycles. The van der Waals surface area contributed by atoms with Crippen LogP contribution in [0.2, 0.25) is 0 Å². The lowest BCUT2D eigenvalue weighted by Gasteiger charge is -2.32. The summed E-state index contributed by atoms with van der Waals surface area (Å²) in [5.41, 5.74) is 7.39. The number of ether oxygens (including phenoxy) is 4. The van der Waals surface area contributed by atoms with Crippen LogP contribution in [-0.2, 0) is 25.9 Å². The number of Topliss-reactive ketones (excluding diaryl/α,β-unsaturated/α-hetero) is 2. The van der Waals surface area contributed by atoms with E-state index in [1.54, 1.807) is 28.4 Å². The van der Waals surface area contributed by atoms with Crippen LogP contribution in [0.1, 0.15) is 82.5 Å². The van der Waals surface area contributed by atoms with Crippen molar-refractivity contribution < 1.29 is 28.5 Å². The Kier molecular flexibility index (Phi) is 16.4. The topological polar surface area (TPSA) is 77.5 Å². The third-order valence-corrected chi connectivity index (χ3v) is 12.1. The van der Waals surface area contributed by atoms with Gasteiger partial charge in [-0.3, -0.25) is 19.4 Å². The molecule has 2 aliphatic carbocycles. The van der Waals surface area contributed by atoms with Crippen molar-refractivity contribution in [1.82, 2.24) is 9.80 Å². The fourth-order valence-electron chi connectivity index (χ4n) is 8.99. The Balaban J connectivity index is 0.000000214. The molecule has 0 bridgehead atoms. The van der Waals surface area contributed by atoms with Crippen LogP contribution in [0.15, 0.2) is 96.6 Å². The van der Waals surface area contributed by atoms with Crippen molar-refractivity contribution in [3.05, 3.63) is 130 Å². The van der Waals surface area contributed by atoms with E-state index in [9.17, 15) is 9.59 Å². The number of methoxy groups -OCH3 is 4. The molecule has 9 heteroatoms. The van der Waals surface area contributed by atoms with E-state index < -0.39 is 0 Å². The standard InChI is InChI=1S/C24H29NO3.C24H27NO3.CH4.HI/c2*1-27-22-14-19-13-20(24(26)21(19)15-23(22)28-2)12-17-8-10-25(11-9-17)16-18-6-4-3-5-7-18;;/h3-7,14-15,17,20H,8-13,16H2,1-2H3;3-7,12,14-15,17H,8-11,13,16H2,1-2H3;1H4;1H/b;20-12+;;. The Morgan fingerprint density at radius 1 is 0.621 bits per heavy atom. The Hall–Kier alpha value is -4.19. The van der Waals surface area contributed by atoms with Crippen LogP contribution in [0.4, 0.5) is 0 Å². The zero-order chi connectivity index (χ0) is 39.0. The van der Waals surface area contributed by atoms with Gasteiger partial charge in [-0.1, -0.05) is 74.2 Å². The Morgan fingerprint density at radius 2 is 1.09 bits per heavy atom. The van der Waals surface area contributed by atoms with Crippen LogP contribution in [0.3, 0.4) is 0 Å². The van der Waals surface area contributed by atoms with Gasteiger partial charge in [0.15, 0.2) is 34.6 Å². The molecule has 2 fully saturated rings. The van der Waals surface area contributed by atoms with Crippen molar-refractivity contribution in [2.45, 2.75) is 65.5 Å². The number of halogens is 1. The first-order valence-electron chi connectivity index (χ1n) is 20.2. The number of hydrogen-bond acceptors (Lipinski definition) is 8. The molecule has 310 valence electrons. The molecule has 4 aliphatic rings. The molecule has 4 aromatic rings. The molecule has 1 atom stereocenters. The average Bonchev–Trinajstić information content (AvgIpc) is 3.71. The molecule has 0 radical (unpaired) electrons. The Bertz CT molecular complexity index is 2000. The van der Waals surface area contributed by atoms with E-state index >= 15 is 0 Å². The number of hydrogen-bond donors (Lipinski definition) is 0. The number of ketones is 2. The van der Waals surface area contributed by atoms with E-state index in [2.05, 4.69) is 76.5 Å². The molecule has 4 aromatic carbocycles. The van der Waals surface area contributed by atoms with Gasteiger partial charge in [-0.15, -0.1) is 24.0 Å². The van der Waals surface area contributed by atoms with Crippen molar-refractivity contribution in [1.29, 1.82) is 0 Å². The minimum atomic E-state index is 0. The largest absolute Gasteiger partial charge is 0.493 e. The number of carbonyl (C=O) groups excluding carboxylic acids is 2. The minimum absolute atomic E-state index is 0. The van der Waals surface area contributed by atoms with Gasteiger partial charge in [0, 0.05) is 42.1 Å². The number of likely N-dealkylation sites (tertiary alicyclic amines) is 2. The predicted molar refractivity (Wildman–Crippen MR) is 242 cm³/mol. The molecule has 58 heavy (non-hydrogen) atoms. The van der Waals surface area contributed by atoms with Gasteiger partial charge in [-0.25, -0.2) is 0 Å². The molecule has 1 unspecified atom stereocenters. The summed E-state index contributed by atoms with van der Waals surface area (Å²) < 4.78 is 21.5. The third-order valence-electron chi connectivity index (χ3n) is 12.1. The molecular formula is C49H61IN2O6. The zero-order valence-electron chi connectivity index (χ0n) is 33.8. The van der Waals surface area contributed by atoms with E-state index in [1.807, 2.05) is 24.3 Å². The van der Waals surface area contributed by atoms with Gasteiger partial charge in [-0.05, 0) is 123 Å². The van der Waals surface area contributed by atoms with Gasteiger partial charge in [0.05, 0.1) is 28.4 Å².